The molecule has 0 amide bonds. The number of ether oxygens (including phenoxy) is 1. The summed E-state index contributed by atoms with van der Waals surface area (Å²) in [5.41, 5.74) is 0.242. The van der Waals surface area contributed by atoms with Gasteiger partial charge in [0, 0.05) is 19.6 Å². The third-order valence-electron chi connectivity index (χ3n) is 4.54. The van der Waals surface area contributed by atoms with Gasteiger partial charge in [0.25, 0.3) is 0 Å². The standard InChI is InChI=1S/C19H30N2O4S/c1-4-25-19(22)17-7-5-8-18(12-17)26(23,24)20-9-6-10-21-13-15(2)11-16(3)14-21/h5,7-8,12,15-16,20H,4,6,9-11,13-14H2,1-3H3. The van der Waals surface area contributed by atoms with Crippen LogP contribution in [0.3, 0.4) is 0 Å². The van der Waals surface area contributed by atoms with E-state index in [1.165, 1.54) is 18.6 Å². The van der Waals surface area contributed by atoms with Crippen LogP contribution in [0.5, 0.6) is 0 Å². The average Bonchev–Trinajstić information content (AvgIpc) is 2.58. The van der Waals surface area contributed by atoms with Crippen LogP contribution in [0.2, 0.25) is 0 Å². The van der Waals surface area contributed by atoms with Crippen LogP contribution in [0, 0.1) is 11.8 Å². The average molecular weight is 383 g/mol. The molecule has 7 heteroatoms. The summed E-state index contributed by atoms with van der Waals surface area (Å²) in [7, 11) is -3.63. The van der Waals surface area contributed by atoms with Crippen molar-refractivity contribution in [3.05, 3.63) is 29.8 Å². The molecule has 146 valence electrons. The Balaban J connectivity index is 1.87. The fourth-order valence-electron chi connectivity index (χ4n) is 3.57. The highest BCUT2D eigenvalue weighted by molar-refractivity contribution is 7.89. The molecule has 0 aromatic heterocycles. The first-order valence-electron chi connectivity index (χ1n) is 9.31. The lowest BCUT2D eigenvalue weighted by Crippen LogP contribution is -2.40. The van der Waals surface area contributed by atoms with Gasteiger partial charge >= 0.3 is 5.97 Å². The Morgan fingerprint density at radius 3 is 2.62 bits per heavy atom. The molecule has 0 radical (unpaired) electrons. The second kappa shape index (κ2) is 9.48. The van der Waals surface area contributed by atoms with E-state index >= 15 is 0 Å². The van der Waals surface area contributed by atoms with Crippen molar-refractivity contribution in [1.82, 2.24) is 9.62 Å². The van der Waals surface area contributed by atoms with E-state index in [9.17, 15) is 13.2 Å². The lowest BCUT2D eigenvalue weighted by Gasteiger charge is -2.34. The predicted molar refractivity (Wildman–Crippen MR) is 102 cm³/mol. The van der Waals surface area contributed by atoms with E-state index in [1.807, 2.05) is 0 Å². The molecule has 1 saturated heterocycles. The Morgan fingerprint density at radius 2 is 1.96 bits per heavy atom. The SMILES string of the molecule is CCOC(=O)c1cccc(S(=O)(=O)NCCCN2CC(C)CC(C)C2)c1. The Labute approximate surface area is 157 Å². The predicted octanol–water partition coefficient (Wildman–Crippen LogP) is 2.51. The Kier molecular flexibility index (Phi) is 7.61. The smallest absolute Gasteiger partial charge is 0.338 e. The number of nitrogens with zero attached hydrogens (tertiary/aromatic N) is 1. The van der Waals surface area contributed by atoms with Gasteiger partial charge in [-0.1, -0.05) is 19.9 Å². The molecule has 2 atom stereocenters. The van der Waals surface area contributed by atoms with E-state index in [2.05, 4.69) is 23.5 Å². The highest BCUT2D eigenvalue weighted by atomic mass is 32.2. The van der Waals surface area contributed by atoms with Crippen LogP contribution in [-0.4, -0.2) is 52.1 Å². The van der Waals surface area contributed by atoms with Crippen LogP contribution in [-0.2, 0) is 14.8 Å². The number of rotatable bonds is 8. The van der Waals surface area contributed by atoms with Crippen LogP contribution >= 0.6 is 0 Å². The van der Waals surface area contributed by atoms with E-state index in [0.29, 0.717) is 18.4 Å². The summed E-state index contributed by atoms with van der Waals surface area (Å²) in [6, 6.07) is 5.94. The Morgan fingerprint density at radius 1 is 1.27 bits per heavy atom. The normalized spacial score (nSPS) is 21.5. The minimum absolute atomic E-state index is 0.0864. The van der Waals surface area contributed by atoms with Crippen molar-refractivity contribution in [3.8, 4) is 0 Å². The summed E-state index contributed by atoms with van der Waals surface area (Å²) in [6.07, 6.45) is 2.02. The molecule has 1 aliphatic heterocycles. The van der Waals surface area contributed by atoms with Gasteiger partial charge in [-0.25, -0.2) is 17.9 Å². The Hall–Kier alpha value is -1.44. The third kappa shape index (κ3) is 6.07. The third-order valence-corrected chi connectivity index (χ3v) is 6.00. The number of likely N-dealkylation sites (tertiary alicyclic amines) is 1. The van der Waals surface area contributed by atoms with E-state index in [0.717, 1.165) is 26.1 Å². The topological polar surface area (TPSA) is 75.7 Å². The second-order valence-electron chi connectivity index (χ2n) is 7.21. The van der Waals surface area contributed by atoms with Crippen molar-refractivity contribution < 1.29 is 17.9 Å². The zero-order valence-corrected chi connectivity index (χ0v) is 16.7. The first-order valence-corrected chi connectivity index (χ1v) is 10.8. The summed E-state index contributed by atoms with van der Waals surface area (Å²) in [6.45, 7) is 9.93. The highest BCUT2D eigenvalue weighted by Gasteiger charge is 2.21. The number of benzene rings is 1. The largest absolute Gasteiger partial charge is 0.462 e. The van der Waals surface area contributed by atoms with Gasteiger partial charge in [-0.3, -0.25) is 0 Å². The minimum Gasteiger partial charge on any atom is -0.462 e. The van der Waals surface area contributed by atoms with Gasteiger partial charge in [0.2, 0.25) is 10.0 Å². The molecule has 1 N–H and O–H groups in total. The van der Waals surface area contributed by atoms with Crippen molar-refractivity contribution in [1.29, 1.82) is 0 Å². The fraction of sp³-hybridized carbons (Fsp3) is 0.632. The zero-order chi connectivity index (χ0) is 19.2. The van der Waals surface area contributed by atoms with Gasteiger partial charge < -0.3 is 9.64 Å². The lowest BCUT2D eigenvalue weighted by atomic mass is 9.92. The van der Waals surface area contributed by atoms with E-state index < -0.39 is 16.0 Å². The lowest BCUT2D eigenvalue weighted by molar-refractivity contribution is 0.0526. The maximum absolute atomic E-state index is 12.4. The summed E-state index contributed by atoms with van der Waals surface area (Å²) >= 11 is 0. The summed E-state index contributed by atoms with van der Waals surface area (Å²) < 4.78 is 32.4. The molecule has 1 heterocycles. The van der Waals surface area contributed by atoms with Gasteiger partial charge in [-0.15, -0.1) is 0 Å². The number of nitrogens with one attached hydrogen (secondary N) is 1. The molecule has 0 aliphatic carbocycles. The van der Waals surface area contributed by atoms with Crippen LogP contribution in [0.4, 0.5) is 0 Å². The van der Waals surface area contributed by atoms with E-state index in [1.54, 1.807) is 19.1 Å². The monoisotopic (exact) mass is 382 g/mol. The van der Waals surface area contributed by atoms with Crippen LogP contribution < -0.4 is 4.72 Å². The van der Waals surface area contributed by atoms with Crippen molar-refractivity contribution >= 4 is 16.0 Å². The molecule has 2 unspecified atom stereocenters. The van der Waals surface area contributed by atoms with Crippen LogP contribution in [0.25, 0.3) is 0 Å². The van der Waals surface area contributed by atoms with E-state index in [-0.39, 0.29) is 17.1 Å². The molecule has 1 aliphatic rings. The number of hydrogen-bond acceptors (Lipinski definition) is 5. The number of esters is 1. The van der Waals surface area contributed by atoms with Crippen LogP contribution in [0.1, 0.15) is 44.0 Å². The number of carbonyl (C=O) groups is 1. The maximum atomic E-state index is 12.4. The van der Waals surface area contributed by atoms with Gasteiger partial charge in [0.1, 0.15) is 0 Å². The molecule has 2 rings (SSSR count). The number of carbonyl (C=O) groups excluding carboxylic acids is 1. The zero-order valence-electron chi connectivity index (χ0n) is 15.9. The van der Waals surface area contributed by atoms with E-state index in [4.69, 9.17) is 4.74 Å². The number of sulfonamides is 1. The van der Waals surface area contributed by atoms with Crippen molar-refractivity contribution in [3.63, 3.8) is 0 Å². The minimum atomic E-state index is -3.63. The molecule has 26 heavy (non-hydrogen) atoms. The molecular formula is C19H30N2O4S. The number of hydrogen-bond donors (Lipinski definition) is 1. The van der Waals surface area contributed by atoms with Gasteiger partial charge in [-0.2, -0.15) is 0 Å². The fourth-order valence-corrected chi connectivity index (χ4v) is 4.69. The van der Waals surface area contributed by atoms with Crippen molar-refractivity contribution in [2.75, 3.05) is 32.8 Å². The summed E-state index contributed by atoms with van der Waals surface area (Å²) in [4.78, 5) is 14.3. The molecule has 6 nitrogen and oxygen atoms in total. The molecule has 1 fully saturated rings. The molecular weight excluding hydrogens is 352 g/mol. The second-order valence-corrected chi connectivity index (χ2v) is 8.97. The molecule has 1 aromatic carbocycles. The summed E-state index contributed by atoms with van der Waals surface area (Å²) in [5, 5.41) is 0. The van der Waals surface area contributed by atoms with Gasteiger partial charge in [0.15, 0.2) is 0 Å². The molecule has 1 aromatic rings. The molecule has 0 saturated carbocycles. The quantitative estimate of drug-likeness (QED) is 0.552. The Bertz CT molecular complexity index is 695. The molecule has 0 spiro atoms. The van der Waals surface area contributed by atoms with Gasteiger partial charge in [0.05, 0.1) is 17.1 Å². The van der Waals surface area contributed by atoms with Crippen molar-refractivity contribution in [2.24, 2.45) is 11.8 Å². The first-order chi connectivity index (χ1) is 12.3. The number of piperidine rings is 1. The van der Waals surface area contributed by atoms with Gasteiger partial charge in [-0.05, 0) is 56.3 Å². The van der Waals surface area contributed by atoms with Crippen LogP contribution in [0.15, 0.2) is 29.2 Å². The maximum Gasteiger partial charge on any atom is 0.338 e. The summed E-state index contributed by atoms with van der Waals surface area (Å²) in [5.74, 6) is 0.875. The highest BCUT2D eigenvalue weighted by Crippen LogP contribution is 2.20. The molecule has 0 bridgehead atoms. The first kappa shape index (κ1) is 20.9. The van der Waals surface area contributed by atoms with Crippen molar-refractivity contribution in [2.45, 2.75) is 38.5 Å².